The fourth-order valence-electron chi connectivity index (χ4n) is 2.38. The highest BCUT2D eigenvalue weighted by Crippen LogP contribution is 2.17. The summed E-state index contributed by atoms with van der Waals surface area (Å²) in [4.78, 5) is 4.33. The Kier molecular flexibility index (Phi) is 5.38. The molecular weight excluding hydrogens is 330 g/mol. The van der Waals surface area contributed by atoms with Crippen molar-refractivity contribution in [3.63, 3.8) is 0 Å². The van der Waals surface area contributed by atoms with E-state index in [9.17, 15) is 0 Å². The van der Waals surface area contributed by atoms with Crippen molar-refractivity contribution in [3.8, 4) is 17.2 Å². The van der Waals surface area contributed by atoms with Gasteiger partial charge in [-0.3, -0.25) is 0 Å². The zero-order valence-electron chi connectivity index (χ0n) is 14.7. The van der Waals surface area contributed by atoms with Crippen molar-refractivity contribution in [2.75, 3.05) is 19.5 Å². The van der Waals surface area contributed by atoms with Gasteiger partial charge in [0, 0.05) is 18.0 Å². The molecule has 0 aliphatic heterocycles. The molecule has 0 aliphatic rings. The standard InChI is InChI=1S/C19H21N5O2/c1-25-17-8-6-16(7-9-17)24-11-10-15(23-24)13-21-19(20)22-14-4-3-5-18(12-14)26-2/h3-12H,13H2,1-2H3,(H3,20,21,22). The van der Waals surface area contributed by atoms with Gasteiger partial charge >= 0.3 is 0 Å². The van der Waals surface area contributed by atoms with E-state index >= 15 is 0 Å². The van der Waals surface area contributed by atoms with E-state index in [2.05, 4.69) is 15.4 Å². The zero-order valence-corrected chi connectivity index (χ0v) is 14.7. The van der Waals surface area contributed by atoms with Gasteiger partial charge in [-0.1, -0.05) is 6.07 Å². The molecule has 7 heteroatoms. The third kappa shape index (κ3) is 4.32. The quantitative estimate of drug-likeness (QED) is 0.527. The maximum absolute atomic E-state index is 5.94. The van der Waals surface area contributed by atoms with Crippen LogP contribution in [0.3, 0.4) is 0 Å². The molecule has 0 spiro atoms. The normalized spacial score (nSPS) is 11.2. The van der Waals surface area contributed by atoms with Gasteiger partial charge in [0.1, 0.15) is 11.5 Å². The number of hydrogen-bond acceptors (Lipinski definition) is 4. The number of aromatic nitrogens is 2. The summed E-state index contributed by atoms with van der Waals surface area (Å²) < 4.78 is 12.1. The van der Waals surface area contributed by atoms with Crippen LogP contribution in [0.1, 0.15) is 5.69 Å². The average molecular weight is 351 g/mol. The van der Waals surface area contributed by atoms with Gasteiger partial charge in [-0.05, 0) is 42.5 Å². The van der Waals surface area contributed by atoms with Crippen LogP contribution < -0.4 is 20.5 Å². The molecule has 0 saturated carbocycles. The largest absolute Gasteiger partial charge is 0.497 e. The molecule has 1 aromatic heterocycles. The monoisotopic (exact) mass is 351 g/mol. The van der Waals surface area contributed by atoms with Crippen molar-refractivity contribution in [2.45, 2.75) is 6.54 Å². The Morgan fingerprint density at radius 1 is 1.08 bits per heavy atom. The highest BCUT2D eigenvalue weighted by Gasteiger charge is 2.02. The highest BCUT2D eigenvalue weighted by molar-refractivity contribution is 5.92. The highest BCUT2D eigenvalue weighted by atomic mass is 16.5. The topological polar surface area (TPSA) is 86.7 Å². The van der Waals surface area contributed by atoms with E-state index in [4.69, 9.17) is 15.2 Å². The summed E-state index contributed by atoms with van der Waals surface area (Å²) in [5.74, 6) is 1.88. The molecule has 1 heterocycles. The second-order valence-electron chi connectivity index (χ2n) is 5.51. The van der Waals surface area contributed by atoms with E-state index in [1.165, 1.54) is 0 Å². The Bertz CT molecular complexity index is 887. The van der Waals surface area contributed by atoms with E-state index in [0.29, 0.717) is 12.5 Å². The SMILES string of the molecule is COc1ccc(-n2ccc(CN=C(N)Nc3cccc(OC)c3)n2)cc1. The van der Waals surface area contributed by atoms with Crippen molar-refractivity contribution in [2.24, 2.45) is 10.7 Å². The molecule has 0 unspecified atom stereocenters. The Labute approximate surface area is 152 Å². The minimum atomic E-state index is 0.317. The summed E-state index contributed by atoms with van der Waals surface area (Å²) in [6, 6.07) is 17.1. The first-order chi connectivity index (χ1) is 12.7. The number of nitrogens with one attached hydrogen (secondary N) is 1. The van der Waals surface area contributed by atoms with Crippen molar-refractivity contribution >= 4 is 11.6 Å². The van der Waals surface area contributed by atoms with Crippen LogP contribution in [-0.2, 0) is 6.54 Å². The maximum atomic E-state index is 5.94. The van der Waals surface area contributed by atoms with Crippen LogP contribution in [-0.4, -0.2) is 30.0 Å². The Morgan fingerprint density at radius 2 is 1.85 bits per heavy atom. The van der Waals surface area contributed by atoms with Crippen LogP contribution in [0.2, 0.25) is 0 Å². The first-order valence-electron chi connectivity index (χ1n) is 8.08. The molecule has 0 fully saturated rings. The van der Waals surface area contributed by atoms with Crippen LogP contribution in [0.4, 0.5) is 5.69 Å². The van der Waals surface area contributed by atoms with Gasteiger partial charge in [0.05, 0.1) is 32.1 Å². The number of benzene rings is 2. The third-order valence-electron chi connectivity index (χ3n) is 3.73. The number of anilines is 1. The number of nitrogens with zero attached hydrogens (tertiary/aromatic N) is 3. The number of aliphatic imine (C=N–C) groups is 1. The van der Waals surface area contributed by atoms with Gasteiger partial charge in [-0.25, -0.2) is 9.67 Å². The minimum absolute atomic E-state index is 0.317. The smallest absolute Gasteiger partial charge is 0.193 e. The zero-order chi connectivity index (χ0) is 18.4. The number of methoxy groups -OCH3 is 2. The second kappa shape index (κ2) is 8.06. The van der Waals surface area contributed by atoms with Gasteiger partial charge in [0.2, 0.25) is 0 Å². The molecule has 3 aromatic rings. The molecular formula is C19H21N5O2. The van der Waals surface area contributed by atoms with Crippen molar-refractivity contribution < 1.29 is 9.47 Å². The molecule has 0 aliphatic carbocycles. The number of nitrogens with two attached hydrogens (primary N) is 1. The number of rotatable bonds is 6. The first-order valence-corrected chi connectivity index (χ1v) is 8.08. The van der Waals surface area contributed by atoms with E-state index < -0.39 is 0 Å². The summed E-state index contributed by atoms with van der Waals surface area (Å²) >= 11 is 0. The maximum Gasteiger partial charge on any atom is 0.193 e. The lowest BCUT2D eigenvalue weighted by Crippen LogP contribution is -2.22. The lowest BCUT2D eigenvalue weighted by molar-refractivity contribution is 0.414. The molecule has 0 saturated heterocycles. The predicted octanol–water partition coefficient (Wildman–Crippen LogP) is 2.82. The van der Waals surface area contributed by atoms with Crippen molar-refractivity contribution in [3.05, 3.63) is 66.5 Å². The summed E-state index contributed by atoms with van der Waals surface area (Å²) in [5.41, 5.74) is 8.52. The summed E-state index contributed by atoms with van der Waals surface area (Å²) in [5, 5.41) is 7.55. The minimum Gasteiger partial charge on any atom is -0.497 e. The van der Waals surface area contributed by atoms with Gasteiger partial charge in [0.25, 0.3) is 0 Å². The second-order valence-corrected chi connectivity index (χ2v) is 5.51. The summed E-state index contributed by atoms with van der Waals surface area (Å²) in [6.45, 7) is 0.381. The van der Waals surface area contributed by atoms with Crippen LogP contribution in [0.5, 0.6) is 11.5 Å². The molecule has 7 nitrogen and oxygen atoms in total. The molecule has 0 amide bonds. The lowest BCUT2D eigenvalue weighted by atomic mass is 10.3. The molecule has 134 valence electrons. The molecule has 3 rings (SSSR count). The third-order valence-corrected chi connectivity index (χ3v) is 3.73. The van der Waals surface area contributed by atoms with Gasteiger partial charge < -0.3 is 20.5 Å². The fourth-order valence-corrected chi connectivity index (χ4v) is 2.38. The fraction of sp³-hybridized carbons (Fsp3) is 0.158. The molecule has 0 radical (unpaired) electrons. The Balaban J connectivity index is 1.63. The van der Waals surface area contributed by atoms with E-state index in [1.807, 2.05) is 60.8 Å². The molecule has 2 aromatic carbocycles. The van der Waals surface area contributed by atoms with Crippen LogP contribution in [0.15, 0.2) is 65.8 Å². The Hall–Kier alpha value is -3.48. The summed E-state index contributed by atoms with van der Waals surface area (Å²) in [7, 11) is 3.26. The Morgan fingerprint density at radius 3 is 2.58 bits per heavy atom. The van der Waals surface area contributed by atoms with Crippen LogP contribution in [0.25, 0.3) is 5.69 Å². The predicted molar refractivity (Wildman–Crippen MR) is 102 cm³/mol. The van der Waals surface area contributed by atoms with Gasteiger partial charge in [-0.15, -0.1) is 0 Å². The van der Waals surface area contributed by atoms with Crippen LogP contribution in [0, 0.1) is 0 Å². The molecule has 26 heavy (non-hydrogen) atoms. The van der Waals surface area contributed by atoms with E-state index in [-0.39, 0.29) is 0 Å². The summed E-state index contributed by atoms with van der Waals surface area (Å²) in [6.07, 6.45) is 1.89. The molecule has 0 bridgehead atoms. The van der Waals surface area contributed by atoms with Gasteiger partial charge in [-0.2, -0.15) is 5.10 Å². The number of ether oxygens (including phenoxy) is 2. The number of guanidine groups is 1. The first kappa shape index (κ1) is 17.3. The average Bonchev–Trinajstić information content (AvgIpc) is 3.15. The van der Waals surface area contributed by atoms with E-state index in [0.717, 1.165) is 28.6 Å². The van der Waals surface area contributed by atoms with Crippen molar-refractivity contribution in [1.29, 1.82) is 0 Å². The van der Waals surface area contributed by atoms with Crippen molar-refractivity contribution in [1.82, 2.24) is 9.78 Å². The van der Waals surface area contributed by atoms with Crippen LogP contribution >= 0.6 is 0 Å². The van der Waals surface area contributed by atoms with Gasteiger partial charge in [0.15, 0.2) is 5.96 Å². The van der Waals surface area contributed by atoms with E-state index in [1.54, 1.807) is 18.9 Å². The molecule has 3 N–H and O–H groups in total. The molecule has 0 atom stereocenters. The lowest BCUT2D eigenvalue weighted by Gasteiger charge is -2.07. The number of hydrogen-bond donors (Lipinski definition) is 2.